The quantitative estimate of drug-likeness (QED) is 0.0407. The third kappa shape index (κ3) is 6.43. The zero-order valence-corrected chi connectivity index (χ0v) is 31.8. The number of aromatic hydroxyl groups is 6. The van der Waals surface area contributed by atoms with Gasteiger partial charge in [0.05, 0.1) is 33.3 Å². The molecule has 0 fully saturated rings. The summed E-state index contributed by atoms with van der Waals surface area (Å²) in [5, 5.41) is 82.1. The van der Waals surface area contributed by atoms with Gasteiger partial charge in [-0.2, -0.15) is 10.2 Å². The summed E-state index contributed by atoms with van der Waals surface area (Å²) in [6.07, 6.45) is 2.27. The second-order valence-corrected chi connectivity index (χ2v) is 15.3. The van der Waals surface area contributed by atoms with Crippen molar-refractivity contribution >= 4 is 68.5 Å². The number of carbonyl (C=O) groups is 2. The summed E-state index contributed by atoms with van der Waals surface area (Å²) in [5.41, 5.74) is 6.67. The van der Waals surface area contributed by atoms with Gasteiger partial charge in [0.25, 0.3) is 11.8 Å². The topological polar surface area (TPSA) is 204 Å². The first-order chi connectivity index (χ1) is 25.6. The summed E-state index contributed by atoms with van der Waals surface area (Å²) < 4.78 is 0. The maximum absolute atomic E-state index is 12.6. The fraction of sp³-hybridized carbons (Fsp3) is 0.200. The molecule has 0 saturated carbocycles. The molecule has 2 aromatic heterocycles. The summed E-state index contributed by atoms with van der Waals surface area (Å²) in [5.74, 6) is -4.31. The van der Waals surface area contributed by atoms with Gasteiger partial charge in [-0.3, -0.25) is 9.59 Å². The van der Waals surface area contributed by atoms with E-state index in [1.165, 1.54) is 22.7 Å². The molecule has 2 amide bonds. The van der Waals surface area contributed by atoms with Crippen LogP contribution < -0.4 is 10.9 Å². The third-order valence-corrected chi connectivity index (χ3v) is 10.9. The number of fused-ring (bicyclic) bond motifs is 2. The Balaban J connectivity index is 1.62. The Morgan fingerprint density at radius 1 is 0.611 bits per heavy atom. The molecule has 6 rings (SSSR count). The molecule has 0 saturated heterocycles. The molecule has 0 bridgehead atoms. The molecule has 54 heavy (non-hydrogen) atoms. The first kappa shape index (κ1) is 37.6. The lowest BCUT2D eigenvalue weighted by atomic mass is 9.83. The molecule has 0 aliphatic heterocycles. The number of hydrogen-bond donors (Lipinski definition) is 8. The number of phenolic OH excluding ortho intramolecular Hbond substituents is 6. The standard InChI is InChI=1S/C40H38N4O8S2/c1-17(2)27-21-13-19(5)29(35(47)31(21)23(33(45)37(27)49)15-41-43-39(51)25-9-7-11-53-25)30-20(6)14-22-28(18(3)4)38(50)34(46)24(32(22)36(30)48)16-42-44-40(52)26-10-8-12-54-26/h7-18,45-50H,1-6H3,(H,43,51)(H,44,52)/b41-15+,42-16+. The fourth-order valence-electron chi connectivity index (χ4n) is 6.86. The van der Waals surface area contributed by atoms with Crippen LogP contribution in [0.2, 0.25) is 0 Å². The van der Waals surface area contributed by atoms with E-state index in [9.17, 15) is 40.2 Å². The van der Waals surface area contributed by atoms with Crippen LogP contribution in [0.3, 0.4) is 0 Å². The first-order valence-electron chi connectivity index (χ1n) is 16.9. The maximum atomic E-state index is 12.6. The lowest BCUT2D eigenvalue weighted by Gasteiger charge is -2.23. The molecule has 278 valence electrons. The minimum absolute atomic E-state index is 0.0889. The van der Waals surface area contributed by atoms with Crippen LogP contribution in [0.4, 0.5) is 0 Å². The molecule has 0 aliphatic carbocycles. The summed E-state index contributed by atoms with van der Waals surface area (Å²) >= 11 is 2.43. The largest absolute Gasteiger partial charge is 0.507 e. The van der Waals surface area contributed by atoms with Crippen molar-refractivity contribution in [2.45, 2.75) is 53.4 Å². The molecule has 2 heterocycles. The highest BCUT2D eigenvalue weighted by molar-refractivity contribution is 7.12. The van der Waals surface area contributed by atoms with E-state index in [2.05, 4.69) is 21.1 Å². The van der Waals surface area contributed by atoms with Gasteiger partial charge in [-0.25, -0.2) is 10.9 Å². The summed E-state index contributed by atoms with van der Waals surface area (Å²) in [6, 6.07) is 10.1. The normalized spacial score (nSPS) is 11.9. The Bertz CT molecular complexity index is 2350. The lowest BCUT2D eigenvalue weighted by molar-refractivity contribution is 0.0951. The monoisotopic (exact) mass is 766 g/mol. The van der Waals surface area contributed by atoms with Crippen molar-refractivity contribution < 1.29 is 40.2 Å². The summed E-state index contributed by atoms with van der Waals surface area (Å²) in [7, 11) is 0. The Morgan fingerprint density at radius 3 is 1.30 bits per heavy atom. The predicted molar refractivity (Wildman–Crippen MR) is 213 cm³/mol. The molecule has 6 aromatic rings. The average molecular weight is 767 g/mol. The van der Waals surface area contributed by atoms with Crippen LogP contribution in [0.5, 0.6) is 34.5 Å². The molecule has 0 aliphatic rings. The highest BCUT2D eigenvalue weighted by atomic mass is 32.1. The van der Waals surface area contributed by atoms with E-state index in [0.29, 0.717) is 42.8 Å². The Morgan fingerprint density at radius 2 is 0.981 bits per heavy atom. The molecular weight excluding hydrogens is 729 g/mol. The molecule has 8 N–H and O–H groups in total. The van der Waals surface area contributed by atoms with Gasteiger partial charge in [0.1, 0.15) is 11.5 Å². The number of phenols is 6. The second kappa shape index (κ2) is 14.7. The number of carbonyl (C=O) groups excluding carboxylic acids is 2. The number of hydrogen-bond acceptors (Lipinski definition) is 12. The summed E-state index contributed by atoms with van der Waals surface area (Å²) in [4.78, 5) is 26.0. The van der Waals surface area contributed by atoms with Crippen molar-refractivity contribution in [1.29, 1.82) is 0 Å². The molecule has 0 spiro atoms. The van der Waals surface area contributed by atoms with E-state index in [0.717, 1.165) is 12.4 Å². The highest BCUT2D eigenvalue weighted by Crippen LogP contribution is 2.54. The van der Waals surface area contributed by atoms with E-state index in [1.54, 1.807) is 61.0 Å². The van der Waals surface area contributed by atoms with Gasteiger partial charge < -0.3 is 30.6 Å². The number of nitrogens with one attached hydrogen (secondary N) is 2. The van der Waals surface area contributed by atoms with Gasteiger partial charge in [0, 0.05) is 33.0 Å². The van der Waals surface area contributed by atoms with Crippen molar-refractivity contribution in [2.24, 2.45) is 10.2 Å². The maximum Gasteiger partial charge on any atom is 0.281 e. The van der Waals surface area contributed by atoms with Crippen LogP contribution in [0.15, 0.2) is 57.4 Å². The van der Waals surface area contributed by atoms with Crippen LogP contribution >= 0.6 is 22.7 Å². The van der Waals surface area contributed by atoms with Crippen molar-refractivity contribution in [3.63, 3.8) is 0 Å². The van der Waals surface area contributed by atoms with Crippen molar-refractivity contribution in [2.75, 3.05) is 0 Å². The van der Waals surface area contributed by atoms with E-state index in [1.807, 2.05) is 27.7 Å². The molecule has 12 nitrogen and oxygen atoms in total. The Hall–Kier alpha value is -6.12. The smallest absolute Gasteiger partial charge is 0.281 e. The van der Waals surface area contributed by atoms with Crippen LogP contribution in [0.25, 0.3) is 32.7 Å². The zero-order chi connectivity index (χ0) is 39.2. The number of rotatable bonds is 9. The predicted octanol–water partition coefficient (Wildman–Crippen LogP) is 8.41. The number of aryl methyl sites for hydroxylation is 2. The van der Waals surface area contributed by atoms with Crippen LogP contribution in [0.1, 0.15) is 92.3 Å². The molecule has 14 heteroatoms. The zero-order valence-electron chi connectivity index (χ0n) is 30.1. The van der Waals surface area contributed by atoms with Gasteiger partial charge in [0.15, 0.2) is 23.0 Å². The fourth-order valence-corrected chi connectivity index (χ4v) is 8.09. The third-order valence-electron chi connectivity index (χ3n) is 9.20. The second-order valence-electron chi connectivity index (χ2n) is 13.4. The van der Waals surface area contributed by atoms with Gasteiger partial charge in [0.2, 0.25) is 0 Å². The van der Waals surface area contributed by atoms with Crippen molar-refractivity contribution in [3.8, 4) is 45.6 Å². The van der Waals surface area contributed by atoms with E-state index < -0.39 is 34.8 Å². The van der Waals surface area contributed by atoms with Gasteiger partial charge in [-0.05, 0) is 70.5 Å². The Kier molecular flexibility index (Phi) is 10.3. The number of thiophene rings is 2. The van der Waals surface area contributed by atoms with E-state index >= 15 is 0 Å². The minimum atomic E-state index is -0.574. The van der Waals surface area contributed by atoms with Crippen molar-refractivity contribution in [1.82, 2.24) is 10.9 Å². The van der Waals surface area contributed by atoms with E-state index in [-0.39, 0.29) is 56.4 Å². The highest BCUT2D eigenvalue weighted by Gasteiger charge is 2.29. The van der Waals surface area contributed by atoms with Gasteiger partial charge in [-0.15, -0.1) is 22.7 Å². The van der Waals surface area contributed by atoms with Crippen LogP contribution in [0, 0.1) is 13.8 Å². The number of hydrazone groups is 2. The number of amides is 2. The van der Waals surface area contributed by atoms with Crippen molar-refractivity contribution in [3.05, 3.63) is 90.3 Å². The van der Waals surface area contributed by atoms with Crippen LogP contribution in [-0.4, -0.2) is 54.9 Å². The SMILES string of the molecule is Cc1cc2c(C(C)C)c(O)c(O)c(/C=N/NC(=O)c3cccs3)c2c(O)c1-c1c(C)cc2c(C(C)C)c(O)c(O)c(/C=N/NC(=O)c3cccs3)c2c1O. The van der Waals surface area contributed by atoms with Gasteiger partial charge >= 0.3 is 0 Å². The van der Waals surface area contributed by atoms with Crippen LogP contribution in [-0.2, 0) is 0 Å². The van der Waals surface area contributed by atoms with E-state index in [4.69, 9.17) is 0 Å². The molecule has 0 unspecified atom stereocenters. The number of nitrogens with zero attached hydrogens (tertiary/aromatic N) is 2. The Labute approximate surface area is 318 Å². The lowest BCUT2D eigenvalue weighted by Crippen LogP contribution is -2.16. The summed E-state index contributed by atoms with van der Waals surface area (Å²) in [6.45, 7) is 10.7. The molecular formula is C40H38N4O8S2. The first-order valence-corrected chi connectivity index (χ1v) is 18.6. The number of benzene rings is 4. The minimum Gasteiger partial charge on any atom is -0.507 e. The molecule has 0 radical (unpaired) electrons. The average Bonchev–Trinajstić information content (AvgIpc) is 3.85. The molecule has 4 aromatic carbocycles. The van der Waals surface area contributed by atoms with Gasteiger partial charge in [-0.1, -0.05) is 52.0 Å². The molecule has 0 atom stereocenters.